The maximum absolute atomic E-state index is 10.3. The normalized spacial score (nSPS) is 13.4. The van der Waals surface area contributed by atoms with E-state index in [0.29, 0.717) is 6.42 Å². The van der Waals surface area contributed by atoms with Crippen molar-refractivity contribution < 1.29 is 14.6 Å². The zero-order valence-corrected chi connectivity index (χ0v) is 11.6. The Labute approximate surface area is 111 Å². The van der Waals surface area contributed by atoms with E-state index in [1.165, 1.54) is 19.3 Å². The summed E-state index contributed by atoms with van der Waals surface area (Å²) in [7, 11) is 1.70. The van der Waals surface area contributed by atoms with E-state index in [4.69, 9.17) is 9.84 Å². The van der Waals surface area contributed by atoms with Crippen molar-refractivity contribution in [2.45, 2.75) is 58.0 Å². The lowest BCUT2D eigenvalue weighted by Crippen LogP contribution is -2.04. The Hall–Kier alpha value is -1.09. The molecule has 0 aromatic carbocycles. The number of carboxylic acid groups (broad SMARTS) is 1. The lowest BCUT2D eigenvalue weighted by molar-refractivity contribution is -0.136. The van der Waals surface area contributed by atoms with Gasteiger partial charge in [-0.25, -0.2) is 0 Å². The highest BCUT2D eigenvalue weighted by Crippen LogP contribution is 2.05. The summed E-state index contributed by atoms with van der Waals surface area (Å²) in [5.41, 5.74) is 0. The smallest absolute Gasteiger partial charge is 0.303 e. The van der Waals surface area contributed by atoms with Gasteiger partial charge in [0.2, 0.25) is 0 Å². The average molecular weight is 254 g/mol. The lowest BCUT2D eigenvalue weighted by atomic mass is 10.1. The molecular formula is C15H26O3. The van der Waals surface area contributed by atoms with Gasteiger partial charge < -0.3 is 9.84 Å². The van der Waals surface area contributed by atoms with E-state index in [1.807, 2.05) is 12.2 Å². The fourth-order valence-electron chi connectivity index (χ4n) is 1.57. The average Bonchev–Trinajstić information content (AvgIpc) is 2.35. The minimum atomic E-state index is -0.751. The number of methoxy groups -OCH3 is 1. The van der Waals surface area contributed by atoms with Gasteiger partial charge in [0, 0.05) is 13.5 Å². The number of allylic oxidation sites excluding steroid dienone is 2. The minimum absolute atomic E-state index is 0.104. The molecule has 0 unspecified atom stereocenters. The molecule has 0 radical (unpaired) electrons. The second-order valence-electron chi connectivity index (χ2n) is 4.34. The Bertz CT molecular complexity index is 256. The van der Waals surface area contributed by atoms with Crippen LogP contribution in [0.2, 0.25) is 0 Å². The summed E-state index contributed by atoms with van der Waals surface area (Å²) in [6.45, 7) is 2.20. The molecule has 0 aliphatic heterocycles. The molecule has 0 saturated heterocycles. The predicted octanol–water partition coefficient (Wildman–Crippen LogP) is 3.95. The van der Waals surface area contributed by atoms with Crippen LogP contribution in [0.3, 0.4) is 0 Å². The summed E-state index contributed by atoms with van der Waals surface area (Å²) in [6.07, 6.45) is 14.7. The summed E-state index contributed by atoms with van der Waals surface area (Å²) in [6, 6.07) is 0. The molecule has 1 N–H and O–H groups in total. The third-order valence-electron chi connectivity index (χ3n) is 2.69. The fraction of sp³-hybridized carbons (Fsp3) is 0.667. The molecular weight excluding hydrogens is 228 g/mol. The molecule has 0 aliphatic rings. The van der Waals surface area contributed by atoms with Gasteiger partial charge in [-0.15, -0.1) is 0 Å². The Morgan fingerprint density at radius 2 is 2.00 bits per heavy atom. The first-order valence-electron chi connectivity index (χ1n) is 6.77. The Kier molecular flexibility index (Phi) is 11.6. The Morgan fingerprint density at radius 3 is 2.61 bits per heavy atom. The number of rotatable bonds is 11. The van der Waals surface area contributed by atoms with Gasteiger partial charge in [-0.1, -0.05) is 44.1 Å². The van der Waals surface area contributed by atoms with Gasteiger partial charge in [-0.05, 0) is 25.7 Å². The Morgan fingerprint density at radius 1 is 1.22 bits per heavy atom. The first-order valence-corrected chi connectivity index (χ1v) is 6.77. The zero-order valence-electron chi connectivity index (χ0n) is 11.6. The molecule has 0 aromatic heterocycles. The van der Waals surface area contributed by atoms with Crippen molar-refractivity contribution in [1.82, 2.24) is 0 Å². The molecule has 18 heavy (non-hydrogen) atoms. The van der Waals surface area contributed by atoms with Crippen molar-refractivity contribution in [1.29, 1.82) is 0 Å². The monoisotopic (exact) mass is 254 g/mol. The van der Waals surface area contributed by atoms with Crippen LogP contribution in [-0.2, 0) is 9.53 Å². The van der Waals surface area contributed by atoms with E-state index in [9.17, 15) is 4.79 Å². The molecule has 104 valence electrons. The van der Waals surface area contributed by atoms with Crippen LogP contribution in [0.15, 0.2) is 24.3 Å². The number of carboxylic acids is 1. The molecule has 1 atom stereocenters. The van der Waals surface area contributed by atoms with Gasteiger partial charge in [0.1, 0.15) is 0 Å². The highest BCUT2D eigenvalue weighted by molar-refractivity contribution is 5.66. The van der Waals surface area contributed by atoms with Crippen molar-refractivity contribution in [2.24, 2.45) is 0 Å². The highest BCUT2D eigenvalue weighted by atomic mass is 16.5. The first kappa shape index (κ1) is 16.9. The van der Waals surface area contributed by atoms with E-state index in [0.717, 1.165) is 12.8 Å². The molecule has 0 rings (SSSR count). The zero-order chi connectivity index (χ0) is 13.6. The standard InChI is InChI=1S/C15H26O3/c1-3-4-5-6-8-11-14(18-2)12-9-7-10-13-15(16)17/h7-9,11,14H,3-6,10,12-13H2,1-2H3,(H,16,17)/b9-7+,11-8+/t14-/m1/s1. The maximum atomic E-state index is 10.3. The van der Waals surface area contributed by atoms with Crippen LogP contribution in [0.1, 0.15) is 51.9 Å². The molecule has 0 aliphatic carbocycles. The van der Waals surface area contributed by atoms with E-state index >= 15 is 0 Å². The van der Waals surface area contributed by atoms with Gasteiger partial charge >= 0.3 is 5.97 Å². The highest BCUT2D eigenvalue weighted by Gasteiger charge is 1.99. The molecule has 0 amide bonds. The third-order valence-corrected chi connectivity index (χ3v) is 2.69. The van der Waals surface area contributed by atoms with Crippen molar-refractivity contribution in [3.63, 3.8) is 0 Å². The van der Waals surface area contributed by atoms with Crippen molar-refractivity contribution in [2.75, 3.05) is 7.11 Å². The maximum Gasteiger partial charge on any atom is 0.303 e. The number of ether oxygens (including phenoxy) is 1. The first-order chi connectivity index (χ1) is 8.70. The van der Waals surface area contributed by atoms with Crippen LogP contribution in [0, 0.1) is 0 Å². The number of hydrogen-bond acceptors (Lipinski definition) is 2. The van der Waals surface area contributed by atoms with Gasteiger partial charge in [0.25, 0.3) is 0 Å². The van der Waals surface area contributed by atoms with Gasteiger partial charge in [0.05, 0.1) is 6.10 Å². The van der Waals surface area contributed by atoms with Crippen LogP contribution in [-0.4, -0.2) is 24.3 Å². The molecule has 0 bridgehead atoms. The number of carbonyl (C=O) groups is 1. The summed E-state index contributed by atoms with van der Waals surface area (Å²) in [5.74, 6) is -0.751. The minimum Gasteiger partial charge on any atom is -0.481 e. The van der Waals surface area contributed by atoms with Crippen LogP contribution in [0.25, 0.3) is 0 Å². The number of aliphatic carboxylic acids is 1. The summed E-state index contributed by atoms with van der Waals surface area (Å²) < 4.78 is 5.33. The van der Waals surface area contributed by atoms with E-state index in [2.05, 4.69) is 19.1 Å². The van der Waals surface area contributed by atoms with Gasteiger partial charge in [-0.2, -0.15) is 0 Å². The molecule has 0 aromatic rings. The van der Waals surface area contributed by atoms with Crippen molar-refractivity contribution >= 4 is 5.97 Å². The third kappa shape index (κ3) is 11.4. The molecule has 3 heteroatoms. The SMILES string of the molecule is CCCCC/C=C/[C@H](C/C=C/CCC(=O)O)OC. The van der Waals surface area contributed by atoms with Gasteiger partial charge in [0.15, 0.2) is 0 Å². The van der Waals surface area contributed by atoms with Crippen LogP contribution in [0.4, 0.5) is 0 Å². The number of unbranched alkanes of at least 4 members (excludes halogenated alkanes) is 3. The van der Waals surface area contributed by atoms with E-state index < -0.39 is 5.97 Å². The summed E-state index contributed by atoms with van der Waals surface area (Å²) >= 11 is 0. The Balaban J connectivity index is 3.71. The van der Waals surface area contributed by atoms with E-state index in [-0.39, 0.29) is 12.5 Å². The van der Waals surface area contributed by atoms with Crippen LogP contribution < -0.4 is 0 Å². The molecule has 3 nitrogen and oxygen atoms in total. The topological polar surface area (TPSA) is 46.5 Å². The fourth-order valence-corrected chi connectivity index (χ4v) is 1.57. The summed E-state index contributed by atoms with van der Waals surface area (Å²) in [4.78, 5) is 10.3. The predicted molar refractivity (Wildman–Crippen MR) is 74.7 cm³/mol. The van der Waals surface area contributed by atoms with Gasteiger partial charge in [-0.3, -0.25) is 4.79 Å². The molecule has 0 saturated carbocycles. The lowest BCUT2D eigenvalue weighted by Gasteiger charge is -2.07. The second kappa shape index (κ2) is 12.4. The van der Waals surface area contributed by atoms with E-state index in [1.54, 1.807) is 7.11 Å². The quantitative estimate of drug-likeness (QED) is 0.448. The van der Waals surface area contributed by atoms with Crippen molar-refractivity contribution in [3.8, 4) is 0 Å². The van der Waals surface area contributed by atoms with Crippen LogP contribution >= 0.6 is 0 Å². The van der Waals surface area contributed by atoms with Crippen LogP contribution in [0.5, 0.6) is 0 Å². The van der Waals surface area contributed by atoms with Crippen molar-refractivity contribution in [3.05, 3.63) is 24.3 Å². The summed E-state index contributed by atoms with van der Waals surface area (Å²) in [5, 5.41) is 8.49. The molecule has 0 heterocycles. The molecule has 0 fully saturated rings. The molecule has 0 spiro atoms. The number of hydrogen-bond donors (Lipinski definition) is 1. The second-order valence-corrected chi connectivity index (χ2v) is 4.34. The largest absolute Gasteiger partial charge is 0.481 e.